The van der Waals surface area contributed by atoms with Crippen molar-refractivity contribution < 1.29 is 4.79 Å². The van der Waals surface area contributed by atoms with E-state index in [1.54, 1.807) is 11.3 Å². The number of nitrogens with zero attached hydrogens (tertiary/aromatic N) is 3. The minimum Gasteiger partial charge on any atom is -0.322 e. The van der Waals surface area contributed by atoms with Crippen molar-refractivity contribution in [3.8, 4) is 5.69 Å². The van der Waals surface area contributed by atoms with Crippen molar-refractivity contribution in [3.63, 3.8) is 0 Å². The van der Waals surface area contributed by atoms with E-state index in [1.807, 2.05) is 18.5 Å². The molecule has 1 atom stereocenters. The first kappa shape index (κ1) is 18.9. The summed E-state index contributed by atoms with van der Waals surface area (Å²) in [6.07, 6.45) is 2.26. The molecule has 1 aromatic carbocycles. The van der Waals surface area contributed by atoms with Crippen LogP contribution in [0.15, 0.2) is 41.8 Å². The molecule has 6 heteroatoms. The smallest absolute Gasteiger partial charge is 0.238 e. The lowest BCUT2D eigenvalue weighted by Gasteiger charge is -2.22. The molecule has 0 bridgehead atoms. The fraction of sp³-hybridized carbons (Fsp3) is 0.364. The van der Waals surface area contributed by atoms with Gasteiger partial charge in [-0.1, -0.05) is 23.8 Å². The quantitative estimate of drug-likeness (QED) is 0.686. The molecular formula is C22H26N4OS. The van der Waals surface area contributed by atoms with Crippen LogP contribution in [0.25, 0.3) is 5.69 Å². The maximum atomic E-state index is 12.8. The molecular weight excluding hydrogens is 368 g/mol. The number of nitrogens with one attached hydrogen (secondary N) is 1. The molecule has 1 aliphatic rings. The highest BCUT2D eigenvalue weighted by Crippen LogP contribution is 2.34. The van der Waals surface area contributed by atoms with Crippen LogP contribution >= 0.6 is 11.3 Å². The van der Waals surface area contributed by atoms with E-state index >= 15 is 0 Å². The molecule has 2 aromatic heterocycles. The van der Waals surface area contributed by atoms with Crippen molar-refractivity contribution in [2.24, 2.45) is 0 Å². The summed E-state index contributed by atoms with van der Waals surface area (Å²) in [6, 6.07) is 12.9. The second-order valence-corrected chi connectivity index (χ2v) is 8.46. The molecule has 28 heavy (non-hydrogen) atoms. The number of hydrogen-bond acceptors (Lipinski definition) is 4. The number of carbonyl (C=O) groups is 1. The van der Waals surface area contributed by atoms with Crippen LogP contribution < -0.4 is 5.32 Å². The van der Waals surface area contributed by atoms with Gasteiger partial charge in [0.2, 0.25) is 5.91 Å². The Morgan fingerprint density at radius 3 is 2.71 bits per heavy atom. The largest absolute Gasteiger partial charge is 0.322 e. The third kappa shape index (κ3) is 3.75. The first-order valence-electron chi connectivity index (χ1n) is 9.73. The van der Waals surface area contributed by atoms with Gasteiger partial charge >= 0.3 is 0 Å². The van der Waals surface area contributed by atoms with Gasteiger partial charge in [-0.05, 0) is 63.7 Å². The van der Waals surface area contributed by atoms with Gasteiger partial charge in [0.05, 0.1) is 29.3 Å². The average molecular weight is 395 g/mol. The van der Waals surface area contributed by atoms with Gasteiger partial charge in [-0.2, -0.15) is 5.10 Å². The minimum absolute atomic E-state index is 0.0260. The number of likely N-dealkylation sites (tertiary alicyclic amines) is 1. The summed E-state index contributed by atoms with van der Waals surface area (Å²) in [5.41, 5.74) is 4.82. The Hall–Kier alpha value is -2.44. The summed E-state index contributed by atoms with van der Waals surface area (Å²) in [7, 11) is 0. The number of amides is 1. The van der Waals surface area contributed by atoms with Crippen molar-refractivity contribution in [2.45, 2.75) is 39.7 Å². The summed E-state index contributed by atoms with van der Waals surface area (Å²) in [5.74, 6) is 0.0260. The molecule has 0 spiro atoms. The maximum absolute atomic E-state index is 12.8. The predicted molar refractivity (Wildman–Crippen MR) is 114 cm³/mol. The Morgan fingerprint density at radius 1 is 1.21 bits per heavy atom. The fourth-order valence-electron chi connectivity index (χ4n) is 3.94. The Morgan fingerprint density at radius 2 is 2.00 bits per heavy atom. The molecule has 3 heterocycles. The predicted octanol–water partition coefficient (Wildman–Crippen LogP) is 4.63. The first-order chi connectivity index (χ1) is 13.5. The summed E-state index contributed by atoms with van der Waals surface area (Å²) < 4.78 is 1.90. The van der Waals surface area contributed by atoms with Crippen molar-refractivity contribution >= 4 is 22.9 Å². The van der Waals surface area contributed by atoms with E-state index in [-0.39, 0.29) is 5.91 Å². The van der Waals surface area contributed by atoms with Gasteiger partial charge in [-0.25, -0.2) is 4.68 Å². The number of carbonyl (C=O) groups excluding carboxylic acids is 1. The van der Waals surface area contributed by atoms with Gasteiger partial charge in [0, 0.05) is 10.9 Å². The summed E-state index contributed by atoms with van der Waals surface area (Å²) >= 11 is 1.78. The van der Waals surface area contributed by atoms with E-state index in [4.69, 9.17) is 0 Å². The summed E-state index contributed by atoms with van der Waals surface area (Å²) in [6.45, 7) is 7.39. The Balaban J connectivity index is 1.48. The third-order valence-corrected chi connectivity index (χ3v) is 6.39. The summed E-state index contributed by atoms with van der Waals surface area (Å²) in [4.78, 5) is 16.4. The molecule has 1 fully saturated rings. The molecule has 0 saturated carbocycles. The lowest BCUT2D eigenvalue weighted by molar-refractivity contribution is -0.117. The zero-order valence-electron chi connectivity index (χ0n) is 16.6. The maximum Gasteiger partial charge on any atom is 0.238 e. The van der Waals surface area contributed by atoms with Crippen molar-refractivity contribution in [1.82, 2.24) is 14.7 Å². The van der Waals surface area contributed by atoms with Gasteiger partial charge < -0.3 is 5.32 Å². The van der Waals surface area contributed by atoms with E-state index in [9.17, 15) is 4.79 Å². The van der Waals surface area contributed by atoms with Crippen LogP contribution in [0.1, 0.15) is 40.7 Å². The van der Waals surface area contributed by atoms with Crippen LogP contribution in [0, 0.1) is 20.8 Å². The topological polar surface area (TPSA) is 50.2 Å². The van der Waals surface area contributed by atoms with E-state index in [0.29, 0.717) is 12.6 Å². The van der Waals surface area contributed by atoms with E-state index < -0.39 is 0 Å². The molecule has 146 valence electrons. The van der Waals surface area contributed by atoms with Crippen LogP contribution in [0.2, 0.25) is 0 Å². The monoisotopic (exact) mass is 394 g/mol. The zero-order chi connectivity index (χ0) is 19.7. The highest BCUT2D eigenvalue weighted by atomic mass is 32.1. The second-order valence-electron chi connectivity index (χ2n) is 7.49. The standard InChI is InChI=1S/C22H26N4OS/c1-15-8-10-18(11-9-15)26-17(3)22(16(2)24-26)23-21(27)14-25-12-4-6-19(25)20-7-5-13-28-20/h5,7-11,13,19H,4,6,12,14H2,1-3H3,(H,23,27)/t19-/m0/s1. The zero-order valence-corrected chi connectivity index (χ0v) is 17.4. The number of benzene rings is 1. The molecule has 1 amide bonds. The molecule has 1 saturated heterocycles. The van der Waals surface area contributed by atoms with Gasteiger partial charge in [-0.15, -0.1) is 11.3 Å². The normalized spacial score (nSPS) is 17.2. The highest BCUT2D eigenvalue weighted by Gasteiger charge is 2.28. The molecule has 1 N–H and O–H groups in total. The van der Waals surface area contributed by atoms with E-state index in [2.05, 4.69) is 64.0 Å². The highest BCUT2D eigenvalue weighted by molar-refractivity contribution is 7.10. The molecule has 5 nitrogen and oxygen atoms in total. The number of aryl methyl sites for hydroxylation is 2. The van der Waals surface area contributed by atoms with Crippen LogP contribution in [-0.4, -0.2) is 33.7 Å². The molecule has 0 radical (unpaired) electrons. The number of hydrogen-bond donors (Lipinski definition) is 1. The lowest BCUT2D eigenvalue weighted by Crippen LogP contribution is -2.32. The van der Waals surface area contributed by atoms with Crippen LogP contribution in [0.5, 0.6) is 0 Å². The van der Waals surface area contributed by atoms with Crippen LogP contribution in [0.4, 0.5) is 5.69 Å². The number of thiophene rings is 1. The molecule has 4 rings (SSSR count). The second kappa shape index (κ2) is 7.89. The average Bonchev–Trinajstić information content (AvgIpc) is 3.40. The van der Waals surface area contributed by atoms with Crippen LogP contribution in [-0.2, 0) is 4.79 Å². The third-order valence-electron chi connectivity index (χ3n) is 5.42. The molecule has 3 aromatic rings. The summed E-state index contributed by atoms with van der Waals surface area (Å²) in [5, 5.41) is 9.86. The van der Waals surface area contributed by atoms with Crippen molar-refractivity contribution in [2.75, 3.05) is 18.4 Å². The Kier molecular flexibility index (Phi) is 5.33. The number of aromatic nitrogens is 2. The fourth-order valence-corrected chi connectivity index (χ4v) is 4.84. The Bertz CT molecular complexity index is 959. The van der Waals surface area contributed by atoms with Crippen LogP contribution in [0.3, 0.4) is 0 Å². The van der Waals surface area contributed by atoms with Gasteiger partial charge in [0.15, 0.2) is 0 Å². The number of rotatable bonds is 5. The van der Waals surface area contributed by atoms with E-state index in [1.165, 1.54) is 10.4 Å². The lowest BCUT2D eigenvalue weighted by atomic mass is 10.2. The molecule has 0 unspecified atom stereocenters. The molecule has 0 aliphatic carbocycles. The molecule has 1 aliphatic heterocycles. The van der Waals surface area contributed by atoms with Gasteiger partial charge in [0.25, 0.3) is 0 Å². The van der Waals surface area contributed by atoms with Gasteiger partial charge in [0.1, 0.15) is 0 Å². The SMILES string of the molecule is Cc1ccc(-n2nc(C)c(NC(=O)CN3CCC[C@H]3c3cccs3)c2C)cc1. The Labute approximate surface area is 170 Å². The number of anilines is 1. The van der Waals surface area contributed by atoms with Crippen molar-refractivity contribution in [1.29, 1.82) is 0 Å². The minimum atomic E-state index is 0.0260. The van der Waals surface area contributed by atoms with Gasteiger partial charge in [-0.3, -0.25) is 9.69 Å². The first-order valence-corrected chi connectivity index (χ1v) is 10.6. The van der Waals surface area contributed by atoms with Crippen molar-refractivity contribution in [3.05, 3.63) is 63.6 Å². The van der Waals surface area contributed by atoms with E-state index in [0.717, 1.165) is 42.1 Å².